The zero-order valence-corrected chi connectivity index (χ0v) is 19.1. The lowest BCUT2D eigenvalue weighted by Crippen LogP contribution is -2.21. The normalized spacial score (nSPS) is 10.7. The van der Waals surface area contributed by atoms with E-state index in [9.17, 15) is 9.59 Å². The Hall–Kier alpha value is -4.40. The molecule has 9 heteroatoms. The third kappa shape index (κ3) is 4.27. The molecule has 0 saturated carbocycles. The van der Waals surface area contributed by atoms with Crippen molar-refractivity contribution in [3.8, 4) is 23.0 Å². The van der Waals surface area contributed by atoms with Crippen molar-refractivity contribution in [2.75, 3.05) is 40.4 Å². The molecular formula is C25H23NO8. The number of amides is 1. The Balaban J connectivity index is 1.50. The predicted molar refractivity (Wildman–Crippen MR) is 125 cm³/mol. The minimum absolute atomic E-state index is 0.142. The molecule has 4 aromatic rings. The number of para-hydroxylation sites is 1. The maximum Gasteiger partial charge on any atom is 0.338 e. The largest absolute Gasteiger partial charge is 0.495 e. The van der Waals surface area contributed by atoms with Gasteiger partial charge in [0.15, 0.2) is 18.1 Å². The summed E-state index contributed by atoms with van der Waals surface area (Å²) >= 11 is 0. The van der Waals surface area contributed by atoms with Crippen LogP contribution in [0.25, 0.3) is 21.9 Å². The van der Waals surface area contributed by atoms with E-state index in [1.54, 1.807) is 12.1 Å². The maximum atomic E-state index is 12.5. The van der Waals surface area contributed by atoms with Crippen molar-refractivity contribution in [3.63, 3.8) is 0 Å². The summed E-state index contributed by atoms with van der Waals surface area (Å²) in [5.41, 5.74) is 1.85. The fourth-order valence-corrected chi connectivity index (χ4v) is 3.62. The molecule has 0 atom stereocenters. The SMILES string of the molecule is COc1cc2c(cc1NC(=O)COC(=O)c1cc(OC)c(OC)c(OC)c1)oc1ccccc12. The number of anilines is 1. The van der Waals surface area contributed by atoms with E-state index in [-0.39, 0.29) is 5.56 Å². The molecule has 34 heavy (non-hydrogen) atoms. The lowest BCUT2D eigenvalue weighted by atomic mass is 10.1. The standard InChI is InChI=1S/C25H23NO8/c1-29-20-11-16-15-7-5-6-8-18(15)34-19(16)12-17(20)26-23(27)13-33-25(28)14-9-21(30-2)24(32-4)22(10-14)31-3/h5-12H,13H2,1-4H3,(H,26,27). The summed E-state index contributed by atoms with van der Waals surface area (Å²) in [5.74, 6) is 0.101. The average Bonchev–Trinajstić information content (AvgIpc) is 3.22. The van der Waals surface area contributed by atoms with Gasteiger partial charge >= 0.3 is 5.97 Å². The van der Waals surface area contributed by atoms with Gasteiger partial charge in [-0.3, -0.25) is 4.79 Å². The highest BCUT2D eigenvalue weighted by Crippen LogP contribution is 2.38. The summed E-state index contributed by atoms with van der Waals surface area (Å²) in [6.45, 7) is -0.517. The molecule has 1 aromatic heterocycles. The van der Waals surface area contributed by atoms with Crippen molar-refractivity contribution in [1.82, 2.24) is 0 Å². The number of carbonyl (C=O) groups excluding carboxylic acids is 2. The van der Waals surface area contributed by atoms with Crippen molar-refractivity contribution in [3.05, 3.63) is 54.1 Å². The number of carbonyl (C=O) groups is 2. The van der Waals surface area contributed by atoms with Crippen LogP contribution in [0.3, 0.4) is 0 Å². The van der Waals surface area contributed by atoms with Crippen LogP contribution in [0, 0.1) is 0 Å². The smallest absolute Gasteiger partial charge is 0.338 e. The lowest BCUT2D eigenvalue weighted by Gasteiger charge is -2.14. The first kappa shape index (κ1) is 22.8. The predicted octanol–water partition coefficient (Wildman–Crippen LogP) is 4.42. The maximum absolute atomic E-state index is 12.5. The number of nitrogens with one attached hydrogen (secondary N) is 1. The highest BCUT2D eigenvalue weighted by Gasteiger charge is 2.19. The molecule has 0 aliphatic heterocycles. The van der Waals surface area contributed by atoms with Gasteiger partial charge in [0.1, 0.15) is 16.9 Å². The summed E-state index contributed by atoms with van der Waals surface area (Å²) < 4.78 is 32.2. The highest BCUT2D eigenvalue weighted by atomic mass is 16.5. The molecule has 4 rings (SSSR count). The zero-order chi connectivity index (χ0) is 24.2. The summed E-state index contributed by atoms with van der Waals surface area (Å²) in [4.78, 5) is 25.1. The first-order valence-electron chi connectivity index (χ1n) is 10.2. The van der Waals surface area contributed by atoms with Crippen LogP contribution in [0.2, 0.25) is 0 Å². The van der Waals surface area contributed by atoms with Crippen LogP contribution in [-0.2, 0) is 9.53 Å². The summed E-state index contributed by atoms with van der Waals surface area (Å²) in [6, 6.07) is 14.0. The van der Waals surface area contributed by atoms with Crippen LogP contribution < -0.4 is 24.3 Å². The van der Waals surface area contributed by atoms with E-state index in [1.165, 1.54) is 40.6 Å². The fraction of sp³-hybridized carbons (Fsp3) is 0.200. The Labute approximate surface area is 195 Å². The highest BCUT2D eigenvalue weighted by molar-refractivity contribution is 6.08. The third-order valence-corrected chi connectivity index (χ3v) is 5.21. The number of ether oxygens (including phenoxy) is 5. The molecule has 9 nitrogen and oxygen atoms in total. The van der Waals surface area contributed by atoms with E-state index in [0.717, 1.165) is 16.4 Å². The first-order chi connectivity index (χ1) is 16.5. The molecule has 1 amide bonds. The second-order valence-corrected chi connectivity index (χ2v) is 7.19. The summed E-state index contributed by atoms with van der Waals surface area (Å²) in [7, 11) is 5.83. The lowest BCUT2D eigenvalue weighted by molar-refractivity contribution is -0.119. The molecule has 0 unspecified atom stereocenters. The molecule has 0 saturated heterocycles. The van der Waals surface area contributed by atoms with Gasteiger partial charge < -0.3 is 33.4 Å². The van der Waals surface area contributed by atoms with Crippen molar-refractivity contribution in [1.29, 1.82) is 0 Å². The molecule has 0 radical (unpaired) electrons. The molecule has 1 N–H and O–H groups in total. The van der Waals surface area contributed by atoms with Crippen molar-refractivity contribution in [2.45, 2.75) is 0 Å². The third-order valence-electron chi connectivity index (χ3n) is 5.21. The number of furan rings is 1. The van der Waals surface area contributed by atoms with Gasteiger partial charge in [0.05, 0.1) is 39.7 Å². The van der Waals surface area contributed by atoms with Gasteiger partial charge in [-0.25, -0.2) is 4.79 Å². The van der Waals surface area contributed by atoms with Crippen LogP contribution in [-0.4, -0.2) is 46.9 Å². The number of methoxy groups -OCH3 is 4. The first-order valence-corrected chi connectivity index (χ1v) is 10.2. The molecule has 3 aromatic carbocycles. The van der Waals surface area contributed by atoms with Crippen molar-refractivity contribution in [2.24, 2.45) is 0 Å². The van der Waals surface area contributed by atoms with Crippen molar-refractivity contribution < 1.29 is 37.7 Å². The number of hydrogen-bond donors (Lipinski definition) is 1. The summed E-state index contributed by atoms with van der Waals surface area (Å²) in [5, 5.41) is 4.50. The topological polar surface area (TPSA) is 105 Å². The van der Waals surface area contributed by atoms with Crippen LogP contribution in [0.5, 0.6) is 23.0 Å². The second-order valence-electron chi connectivity index (χ2n) is 7.19. The van der Waals surface area contributed by atoms with Gasteiger partial charge in [-0.1, -0.05) is 18.2 Å². The molecule has 0 aliphatic rings. The number of rotatable bonds is 8. The molecular weight excluding hydrogens is 442 g/mol. The van der Waals surface area contributed by atoms with Gasteiger partial charge in [-0.05, 0) is 24.3 Å². The zero-order valence-electron chi connectivity index (χ0n) is 19.1. The minimum Gasteiger partial charge on any atom is -0.495 e. The van der Waals surface area contributed by atoms with Gasteiger partial charge in [0, 0.05) is 16.8 Å². The van der Waals surface area contributed by atoms with Gasteiger partial charge in [0.25, 0.3) is 5.91 Å². The van der Waals surface area contributed by atoms with Crippen molar-refractivity contribution >= 4 is 39.5 Å². The van der Waals surface area contributed by atoms with Gasteiger partial charge in [0.2, 0.25) is 5.75 Å². The quantitative estimate of drug-likeness (QED) is 0.382. The van der Waals surface area contributed by atoms with E-state index in [0.29, 0.717) is 34.3 Å². The van der Waals surface area contributed by atoms with Crippen LogP contribution in [0.1, 0.15) is 10.4 Å². The molecule has 1 heterocycles. The van der Waals surface area contributed by atoms with E-state index in [4.69, 9.17) is 28.1 Å². The Kier molecular flexibility index (Phi) is 6.44. The molecule has 0 aliphatic carbocycles. The Morgan fingerprint density at radius 1 is 0.794 bits per heavy atom. The van der Waals surface area contributed by atoms with E-state index in [1.807, 2.05) is 24.3 Å². The number of benzene rings is 3. The number of hydrogen-bond acceptors (Lipinski definition) is 8. The monoisotopic (exact) mass is 465 g/mol. The Bertz CT molecular complexity index is 1350. The van der Waals surface area contributed by atoms with E-state index in [2.05, 4.69) is 5.32 Å². The van der Waals surface area contributed by atoms with Crippen LogP contribution in [0.4, 0.5) is 5.69 Å². The fourth-order valence-electron chi connectivity index (χ4n) is 3.62. The van der Waals surface area contributed by atoms with Crippen LogP contribution in [0.15, 0.2) is 52.9 Å². The Morgan fingerprint density at radius 3 is 2.12 bits per heavy atom. The molecule has 0 spiro atoms. The molecule has 0 bridgehead atoms. The van der Waals surface area contributed by atoms with Crippen LogP contribution >= 0.6 is 0 Å². The molecule has 0 fully saturated rings. The Morgan fingerprint density at radius 2 is 1.47 bits per heavy atom. The number of fused-ring (bicyclic) bond motifs is 3. The van der Waals surface area contributed by atoms with Gasteiger partial charge in [-0.15, -0.1) is 0 Å². The second kappa shape index (κ2) is 9.62. The van der Waals surface area contributed by atoms with E-state index < -0.39 is 18.5 Å². The van der Waals surface area contributed by atoms with Gasteiger partial charge in [-0.2, -0.15) is 0 Å². The average molecular weight is 465 g/mol. The molecule has 176 valence electrons. The minimum atomic E-state index is -0.728. The van der Waals surface area contributed by atoms with E-state index >= 15 is 0 Å². The number of esters is 1. The summed E-state index contributed by atoms with van der Waals surface area (Å²) in [6.07, 6.45) is 0.